The topological polar surface area (TPSA) is 71.1 Å². The molecule has 0 saturated carbocycles. The predicted molar refractivity (Wildman–Crippen MR) is 150 cm³/mol. The van der Waals surface area contributed by atoms with Crippen LogP contribution in [-0.2, 0) is 4.79 Å². The Morgan fingerprint density at radius 2 is 1.50 bits per heavy atom. The summed E-state index contributed by atoms with van der Waals surface area (Å²) in [5.74, 6) is 0.0369. The van der Waals surface area contributed by atoms with E-state index >= 15 is 0 Å². The molecule has 7 heteroatoms. The smallest absolute Gasteiger partial charge is 0.255 e. The van der Waals surface area contributed by atoms with Gasteiger partial charge in [0.1, 0.15) is 0 Å². The molecule has 2 N–H and O–H groups in total. The summed E-state index contributed by atoms with van der Waals surface area (Å²) in [4.78, 5) is 29.7. The number of aryl methyl sites for hydroxylation is 1. The fraction of sp³-hybridized carbons (Fsp3) is 0.0690. The minimum absolute atomic E-state index is 0.0853. The normalized spacial score (nSPS) is 10.8. The number of carbonyl (C=O) groups is 2. The summed E-state index contributed by atoms with van der Waals surface area (Å²) in [6.45, 7) is 1.92. The van der Waals surface area contributed by atoms with E-state index in [2.05, 4.69) is 27.8 Å². The SMILES string of the molecule is Cc1ccccc1C(=O)Nc1ccc2nc(SCC(=O)Nc3ccc(-c4ccccc4)cc3)sc2c1. The molecule has 5 rings (SSSR count). The van der Waals surface area contributed by atoms with Crippen LogP contribution in [0.25, 0.3) is 21.3 Å². The van der Waals surface area contributed by atoms with E-state index in [1.165, 1.54) is 23.1 Å². The van der Waals surface area contributed by atoms with Crippen molar-refractivity contribution in [2.45, 2.75) is 11.3 Å². The third-order valence-electron chi connectivity index (χ3n) is 5.62. The van der Waals surface area contributed by atoms with Crippen molar-refractivity contribution in [1.82, 2.24) is 4.98 Å². The molecule has 1 aromatic heterocycles. The van der Waals surface area contributed by atoms with Crippen molar-refractivity contribution >= 4 is 56.5 Å². The molecule has 0 saturated heterocycles. The van der Waals surface area contributed by atoms with E-state index in [1.54, 1.807) is 0 Å². The van der Waals surface area contributed by atoms with Crippen LogP contribution < -0.4 is 10.6 Å². The second kappa shape index (κ2) is 10.8. The quantitative estimate of drug-likeness (QED) is 0.227. The fourth-order valence-electron chi connectivity index (χ4n) is 3.77. The Bertz CT molecular complexity index is 1530. The van der Waals surface area contributed by atoms with Gasteiger partial charge in [0.25, 0.3) is 5.91 Å². The number of rotatable bonds is 7. The average Bonchev–Trinajstić information content (AvgIpc) is 3.31. The van der Waals surface area contributed by atoms with Crippen LogP contribution in [-0.4, -0.2) is 22.6 Å². The first-order chi connectivity index (χ1) is 17.5. The first-order valence-electron chi connectivity index (χ1n) is 11.4. The number of anilines is 2. The molecule has 0 aliphatic carbocycles. The number of thiazole rings is 1. The van der Waals surface area contributed by atoms with Gasteiger partial charge in [0.15, 0.2) is 4.34 Å². The summed E-state index contributed by atoms with van der Waals surface area (Å²) in [5, 5.41) is 5.91. The van der Waals surface area contributed by atoms with Crippen LogP contribution in [0.15, 0.2) is 101 Å². The lowest BCUT2D eigenvalue weighted by molar-refractivity contribution is -0.113. The zero-order valence-electron chi connectivity index (χ0n) is 19.5. The summed E-state index contributed by atoms with van der Waals surface area (Å²) in [5.41, 5.74) is 6.14. The van der Waals surface area contributed by atoms with E-state index in [0.717, 1.165) is 36.9 Å². The number of nitrogens with zero attached hydrogens (tertiary/aromatic N) is 1. The zero-order valence-corrected chi connectivity index (χ0v) is 21.2. The Kier molecular flexibility index (Phi) is 7.11. The highest BCUT2D eigenvalue weighted by molar-refractivity contribution is 8.01. The standard InChI is InChI=1S/C29H23N3O2S2/c1-19-7-5-6-10-24(19)28(34)31-23-15-16-25-26(17-23)36-29(32-25)35-18-27(33)30-22-13-11-21(12-14-22)20-8-3-2-4-9-20/h2-17H,18H2,1H3,(H,30,33)(H,31,34). The van der Waals surface area contributed by atoms with Gasteiger partial charge in [-0.2, -0.15) is 0 Å². The molecule has 4 aromatic carbocycles. The summed E-state index contributed by atoms with van der Waals surface area (Å²) in [7, 11) is 0. The second-order valence-electron chi connectivity index (χ2n) is 8.21. The molecule has 178 valence electrons. The van der Waals surface area contributed by atoms with Crippen LogP contribution in [0, 0.1) is 6.92 Å². The van der Waals surface area contributed by atoms with Crippen molar-refractivity contribution in [3.05, 3.63) is 108 Å². The van der Waals surface area contributed by atoms with Crippen molar-refractivity contribution in [2.75, 3.05) is 16.4 Å². The maximum absolute atomic E-state index is 12.6. The molecule has 0 fully saturated rings. The maximum atomic E-state index is 12.6. The van der Waals surface area contributed by atoms with Gasteiger partial charge < -0.3 is 10.6 Å². The van der Waals surface area contributed by atoms with E-state index in [0.29, 0.717) is 11.3 Å². The highest BCUT2D eigenvalue weighted by Crippen LogP contribution is 2.31. The number of aromatic nitrogens is 1. The molecule has 0 unspecified atom stereocenters. The first kappa shape index (κ1) is 23.8. The molecule has 0 bridgehead atoms. The predicted octanol–water partition coefficient (Wildman–Crippen LogP) is 7.25. The summed E-state index contributed by atoms with van der Waals surface area (Å²) >= 11 is 2.91. The van der Waals surface area contributed by atoms with Crippen molar-refractivity contribution in [3.63, 3.8) is 0 Å². The van der Waals surface area contributed by atoms with E-state index in [-0.39, 0.29) is 17.6 Å². The molecule has 0 spiro atoms. The third-order valence-corrected chi connectivity index (χ3v) is 7.78. The number of nitrogens with one attached hydrogen (secondary N) is 2. The Hall–Kier alpha value is -3.94. The zero-order chi connectivity index (χ0) is 24.9. The number of carbonyl (C=O) groups excluding carboxylic acids is 2. The Balaban J connectivity index is 1.18. The molecule has 0 aliphatic rings. The van der Waals surface area contributed by atoms with Crippen molar-refractivity contribution in [2.24, 2.45) is 0 Å². The molecule has 0 aliphatic heterocycles. The average molecular weight is 510 g/mol. The summed E-state index contributed by atoms with van der Waals surface area (Å²) in [6, 6.07) is 31.1. The molecule has 1 heterocycles. The molecular weight excluding hydrogens is 486 g/mol. The number of thioether (sulfide) groups is 1. The van der Waals surface area contributed by atoms with Crippen LogP contribution in [0.2, 0.25) is 0 Å². The monoisotopic (exact) mass is 509 g/mol. The number of benzene rings is 4. The lowest BCUT2D eigenvalue weighted by atomic mass is 10.1. The van der Waals surface area contributed by atoms with Gasteiger partial charge in [-0.25, -0.2) is 4.98 Å². The van der Waals surface area contributed by atoms with Gasteiger partial charge in [0, 0.05) is 16.9 Å². The largest absolute Gasteiger partial charge is 0.325 e. The fourth-order valence-corrected chi connectivity index (χ4v) is 5.68. The number of hydrogen-bond acceptors (Lipinski definition) is 5. The van der Waals surface area contributed by atoms with Gasteiger partial charge in [0.2, 0.25) is 5.91 Å². The molecular formula is C29H23N3O2S2. The van der Waals surface area contributed by atoms with Crippen LogP contribution >= 0.6 is 23.1 Å². The van der Waals surface area contributed by atoms with Crippen LogP contribution in [0.4, 0.5) is 11.4 Å². The highest BCUT2D eigenvalue weighted by atomic mass is 32.2. The van der Waals surface area contributed by atoms with Crippen LogP contribution in [0.1, 0.15) is 15.9 Å². The Morgan fingerprint density at radius 1 is 0.806 bits per heavy atom. The van der Waals surface area contributed by atoms with E-state index in [9.17, 15) is 9.59 Å². The summed E-state index contributed by atoms with van der Waals surface area (Å²) in [6.07, 6.45) is 0. The first-order valence-corrected chi connectivity index (χ1v) is 13.2. The Labute approximate surface area is 217 Å². The van der Waals surface area contributed by atoms with Crippen LogP contribution in [0.5, 0.6) is 0 Å². The molecule has 0 atom stereocenters. The Morgan fingerprint density at radius 3 is 2.28 bits per heavy atom. The summed E-state index contributed by atoms with van der Waals surface area (Å²) < 4.78 is 1.76. The van der Waals surface area contributed by atoms with E-state index < -0.39 is 0 Å². The number of amides is 2. The van der Waals surface area contributed by atoms with Crippen molar-refractivity contribution < 1.29 is 9.59 Å². The van der Waals surface area contributed by atoms with Gasteiger partial charge in [-0.1, -0.05) is 72.4 Å². The van der Waals surface area contributed by atoms with Gasteiger partial charge in [0.05, 0.1) is 16.0 Å². The van der Waals surface area contributed by atoms with Gasteiger partial charge in [-0.15, -0.1) is 11.3 Å². The van der Waals surface area contributed by atoms with Gasteiger partial charge in [-0.05, 0) is 60.0 Å². The third kappa shape index (κ3) is 5.64. The second-order valence-corrected chi connectivity index (χ2v) is 10.5. The molecule has 5 nitrogen and oxygen atoms in total. The highest BCUT2D eigenvalue weighted by Gasteiger charge is 2.12. The lowest BCUT2D eigenvalue weighted by Crippen LogP contribution is -2.13. The lowest BCUT2D eigenvalue weighted by Gasteiger charge is -2.07. The van der Waals surface area contributed by atoms with Crippen molar-refractivity contribution in [1.29, 1.82) is 0 Å². The van der Waals surface area contributed by atoms with Gasteiger partial charge in [-0.3, -0.25) is 9.59 Å². The number of hydrogen-bond donors (Lipinski definition) is 2. The van der Waals surface area contributed by atoms with Crippen molar-refractivity contribution in [3.8, 4) is 11.1 Å². The van der Waals surface area contributed by atoms with Crippen LogP contribution in [0.3, 0.4) is 0 Å². The minimum Gasteiger partial charge on any atom is -0.325 e. The molecule has 5 aromatic rings. The minimum atomic E-state index is -0.139. The number of fused-ring (bicyclic) bond motifs is 1. The molecule has 0 radical (unpaired) electrons. The molecule has 2 amide bonds. The van der Waals surface area contributed by atoms with Gasteiger partial charge >= 0.3 is 0 Å². The van der Waals surface area contributed by atoms with E-state index in [4.69, 9.17) is 0 Å². The maximum Gasteiger partial charge on any atom is 0.255 e. The van der Waals surface area contributed by atoms with E-state index in [1.807, 2.05) is 91.9 Å². The molecule has 36 heavy (non-hydrogen) atoms.